The Kier molecular flexibility index (Phi) is 4.55. The van der Waals surface area contributed by atoms with Gasteiger partial charge in [-0.2, -0.15) is 0 Å². The van der Waals surface area contributed by atoms with E-state index in [0.717, 1.165) is 30.8 Å². The van der Waals surface area contributed by atoms with E-state index in [1.165, 1.54) is 12.1 Å². The van der Waals surface area contributed by atoms with Gasteiger partial charge in [0.2, 0.25) is 0 Å². The maximum absolute atomic E-state index is 13.3. The summed E-state index contributed by atoms with van der Waals surface area (Å²) in [4.78, 5) is 4.42. The molecule has 0 amide bonds. The number of aryl methyl sites for hydroxylation is 1. The zero-order valence-corrected chi connectivity index (χ0v) is 11.9. The van der Waals surface area contributed by atoms with Crippen molar-refractivity contribution in [3.05, 3.63) is 35.1 Å². The van der Waals surface area contributed by atoms with Crippen LogP contribution in [-0.2, 0) is 6.42 Å². The molecule has 0 radical (unpaired) electrons. The topological polar surface area (TPSA) is 26.7 Å². The molecule has 1 aromatic rings. The summed E-state index contributed by atoms with van der Waals surface area (Å²) in [6.45, 7) is 4.79. The fraction of sp³-hybridized carbons (Fsp3) is 0.600. The molecular formula is C15H23FN2O. The molecule has 2 unspecified atom stereocenters. The molecule has 0 bridgehead atoms. The molecule has 1 aliphatic heterocycles. The van der Waals surface area contributed by atoms with Crippen LogP contribution in [0.5, 0.6) is 0 Å². The highest BCUT2D eigenvalue weighted by Crippen LogP contribution is 2.17. The number of halogens is 1. The lowest BCUT2D eigenvalue weighted by molar-refractivity contribution is 0.0152. The molecular weight excluding hydrogens is 243 g/mol. The van der Waals surface area contributed by atoms with Crippen LogP contribution in [-0.4, -0.2) is 60.8 Å². The molecule has 19 heavy (non-hydrogen) atoms. The van der Waals surface area contributed by atoms with Crippen LogP contribution in [0.15, 0.2) is 18.2 Å². The van der Waals surface area contributed by atoms with Crippen molar-refractivity contribution in [3.8, 4) is 0 Å². The van der Waals surface area contributed by atoms with Crippen molar-refractivity contribution in [2.24, 2.45) is 0 Å². The molecule has 1 aliphatic rings. The average molecular weight is 266 g/mol. The maximum Gasteiger partial charge on any atom is 0.123 e. The molecule has 2 rings (SSSR count). The highest BCUT2D eigenvalue weighted by atomic mass is 19.1. The second-order valence-electron chi connectivity index (χ2n) is 5.65. The van der Waals surface area contributed by atoms with Crippen molar-refractivity contribution < 1.29 is 9.50 Å². The molecule has 0 aromatic heterocycles. The smallest absolute Gasteiger partial charge is 0.123 e. The minimum Gasteiger partial charge on any atom is -0.391 e. The number of likely N-dealkylation sites (N-methyl/N-ethyl adjacent to an activating group) is 2. The van der Waals surface area contributed by atoms with E-state index in [1.54, 1.807) is 6.07 Å². The summed E-state index contributed by atoms with van der Waals surface area (Å²) in [5.41, 5.74) is 1.93. The van der Waals surface area contributed by atoms with Crippen LogP contribution < -0.4 is 0 Å². The number of hydrogen-bond acceptors (Lipinski definition) is 3. The van der Waals surface area contributed by atoms with Gasteiger partial charge in [0.05, 0.1) is 6.10 Å². The molecule has 0 aliphatic carbocycles. The van der Waals surface area contributed by atoms with E-state index in [4.69, 9.17) is 0 Å². The van der Waals surface area contributed by atoms with Gasteiger partial charge in [-0.15, -0.1) is 0 Å². The van der Waals surface area contributed by atoms with Gasteiger partial charge in [0.25, 0.3) is 0 Å². The van der Waals surface area contributed by atoms with Gasteiger partial charge < -0.3 is 10.0 Å². The number of aliphatic hydroxyl groups is 1. The van der Waals surface area contributed by atoms with E-state index in [9.17, 15) is 9.50 Å². The number of hydrogen-bond donors (Lipinski definition) is 1. The molecule has 1 saturated heterocycles. The number of aliphatic hydroxyl groups excluding tert-OH is 1. The summed E-state index contributed by atoms with van der Waals surface area (Å²) in [6.07, 6.45) is 0.0418. The van der Waals surface area contributed by atoms with E-state index in [0.29, 0.717) is 6.42 Å². The highest BCUT2D eigenvalue weighted by Gasteiger charge is 2.28. The minimum atomic E-state index is -0.465. The third kappa shape index (κ3) is 3.53. The van der Waals surface area contributed by atoms with E-state index in [2.05, 4.69) is 16.8 Å². The quantitative estimate of drug-likeness (QED) is 0.893. The third-order valence-electron chi connectivity index (χ3n) is 4.08. The Morgan fingerprint density at radius 2 is 2.11 bits per heavy atom. The fourth-order valence-corrected chi connectivity index (χ4v) is 2.68. The van der Waals surface area contributed by atoms with Crippen molar-refractivity contribution in [1.82, 2.24) is 9.80 Å². The molecule has 1 N–H and O–H groups in total. The molecule has 2 atom stereocenters. The van der Waals surface area contributed by atoms with Crippen LogP contribution in [0, 0.1) is 12.7 Å². The van der Waals surface area contributed by atoms with Gasteiger partial charge in [-0.3, -0.25) is 4.90 Å². The minimum absolute atomic E-state index is 0.112. The maximum atomic E-state index is 13.3. The number of piperazine rings is 1. The summed E-state index contributed by atoms with van der Waals surface area (Å²) < 4.78 is 13.3. The lowest BCUT2D eigenvalue weighted by Crippen LogP contribution is -2.55. The number of rotatable bonds is 3. The van der Waals surface area contributed by atoms with Crippen LogP contribution in [0.1, 0.15) is 11.1 Å². The van der Waals surface area contributed by atoms with E-state index < -0.39 is 6.10 Å². The normalized spacial score (nSPS) is 23.5. The second kappa shape index (κ2) is 5.99. The summed E-state index contributed by atoms with van der Waals surface area (Å²) in [5, 5.41) is 10.4. The summed E-state index contributed by atoms with van der Waals surface area (Å²) in [7, 11) is 4.11. The first kappa shape index (κ1) is 14.4. The zero-order chi connectivity index (χ0) is 14.0. The van der Waals surface area contributed by atoms with Crippen molar-refractivity contribution >= 4 is 0 Å². The van der Waals surface area contributed by atoms with Gasteiger partial charge in [0.1, 0.15) is 5.82 Å². The van der Waals surface area contributed by atoms with Gasteiger partial charge in [-0.1, -0.05) is 6.07 Å². The standard InChI is InChI=1S/C15H23FN2O/c1-11-4-5-13(16)8-12(11)9-15(19)14-10-17(2)6-7-18(14)3/h4-5,8,14-15,19H,6-7,9-10H2,1-3H3. The Morgan fingerprint density at radius 3 is 2.84 bits per heavy atom. The van der Waals surface area contributed by atoms with Gasteiger partial charge in [-0.25, -0.2) is 4.39 Å². The molecule has 1 aromatic carbocycles. The first-order valence-electron chi connectivity index (χ1n) is 6.79. The molecule has 4 heteroatoms. The predicted molar refractivity (Wildman–Crippen MR) is 74.8 cm³/mol. The number of nitrogens with zero attached hydrogens (tertiary/aromatic N) is 2. The van der Waals surface area contributed by atoms with E-state index in [-0.39, 0.29) is 11.9 Å². The van der Waals surface area contributed by atoms with E-state index >= 15 is 0 Å². The first-order valence-corrected chi connectivity index (χ1v) is 6.79. The van der Waals surface area contributed by atoms with Gasteiger partial charge >= 0.3 is 0 Å². The Morgan fingerprint density at radius 1 is 1.37 bits per heavy atom. The van der Waals surface area contributed by atoms with Crippen LogP contribution in [0.2, 0.25) is 0 Å². The number of benzene rings is 1. The lowest BCUT2D eigenvalue weighted by Gasteiger charge is -2.40. The summed E-state index contributed by atoms with van der Waals surface area (Å²) in [6, 6.07) is 4.88. The fourth-order valence-electron chi connectivity index (χ4n) is 2.68. The Hall–Kier alpha value is -0.970. The van der Waals surface area contributed by atoms with E-state index in [1.807, 2.05) is 14.0 Å². The second-order valence-corrected chi connectivity index (χ2v) is 5.65. The van der Waals surface area contributed by atoms with Gasteiger partial charge in [0, 0.05) is 32.1 Å². The predicted octanol–water partition coefficient (Wildman–Crippen LogP) is 1.28. The van der Waals surface area contributed by atoms with Crippen LogP contribution >= 0.6 is 0 Å². The monoisotopic (exact) mass is 266 g/mol. The lowest BCUT2D eigenvalue weighted by atomic mass is 9.96. The van der Waals surface area contributed by atoms with Crippen LogP contribution in [0.3, 0.4) is 0 Å². The van der Waals surface area contributed by atoms with Crippen molar-refractivity contribution in [3.63, 3.8) is 0 Å². The molecule has 1 heterocycles. The average Bonchev–Trinajstić information content (AvgIpc) is 2.36. The molecule has 0 saturated carbocycles. The highest BCUT2D eigenvalue weighted by molar-refractivity contribution is 5.27. The molecule has 106 valence electrons. The van der Waals surface area contributed by atoms with Crippen LogP contribution in [0.4, 0.5) is 4.39 Å². The molecule has 0 spiro atoms. The van der Waals surface area contributed by atoms with Crippen LogP contribution in [0.25, 0.3) is 0 Å². The molecule has 1 fully saturated rings. The third-order valence-corrected chi connectivity index (χ3v) is 4.08. The van der Waals surface area contributed by atoms with Crippen molar-refractivity contribution in [1.29, 1.82) is 0 Å². The summed E-state index contributed by atoms with van der Waals surface area (Å²) in [5.74, 6) is -0.234. The van der Waals surface area contributed by atoms with Gasteiger partial charge in [0.15, 0.2) is 0 Å². The van der Waals surface area contributed by atoms with Crippen molar-refractivity contribution in [2.75, 3.05) is 33.7 Å². The van der Waals surface area contributed by atoms with Gasteiger partial charge in [-0.05, 0) is 44.3 Å². The molecule has 3 nitrogen and oxygen atoms in total. The SMILES string of the molecule is Cc1ccc(F)cc1CC(O)C1CN(C)CCN1C. The zero-order valence-electron chi connectivity index (χ0n) is 11.9. The largest absolute Gasteiger partial charge is 0.391 e. The first-order chi connectivity index (χ1) is 8.97. The Balaban J connectivity index is 2.07. The Labute approximate surface area is 114 Å². The summed E-state index contributed by atoms with van der Waals surface area (Å²) >= 11 is 0. The Bertz CT molecular complexity index is 438. The van der Waals surface area contributed by atoms with Crippen molar-refractivity contribution in [2.45, 2.75) is 25.5 Å².